The molecular formula is C16H20N3NaO8S. The first-order chi connectivity index (χ1) is 13.4. The van der Waals surface area contributed by atoms with Gasteiger partial charge in [-0.15, -0.1) is 6.58 Å². The number of azide groups is 1. The molecule has 13 heteroatoms. The molecule has 154 valence electrons. The Morgan fingerprint density at radius 2 is 2.00 bits per heavy atom. The summed E-state index contributed by atoms with van der Waals surface area (Å²) in [4.78, 5) is 2.64. The largest absolute Gasteiger partial charge is 1.00 e. The summed E-state index contributed by atoms with van der Waals surface area (Å²) < 4.78 is 54.6. The van der Waals surface area contributed by atoms with Gasteiger partial charge >= 0.3 is 29.6 Å². The molecule has 2 rings (SSSR count). The molecule has 11 nitrogen and oxygen atoms in total. The number of aliphatic hydroxyl groups excluding tert-OH is 1. The summed E-state index contributed by atoms with van der Waals surface area (Å²) in [5.74, 6) is 0. The smallest absolute Gasteiger partial charge is 0.726 e. The maximum Gasteiger partial charge on any atom is 1.00 e. The van der Waals surface area contributed by atoms with Crippen molar-refractivity contribution in [3.63, 3.8) is 0 Å². The van der Waals surface area contributed by atoms with E-state index in [-0.39, 0.29) is 49.3 Å². The molecule has 29 heavy (non-hydrogen) atoms. The summed E-state index contributed by atoms with van der Waals surface area (Å²) in [6.45, 7) is 3.18. The quantitative estimate of drug-likeness (QED) is 0.0837. The number of benzene rings is 1. The molecule has 1 saturated heterocycles. The van der Waals surface area contributed by atoms with Crippen LogP contribution in [0.2, 0.25) is 0 Å². The summed E-state index contributed by atoms with van der Waals surface area (Å²) in [7, 11) is -5.19. The molecule has 1 fully saturated rings. The van der Waals surface area contributed by atoms with Gasteiger partial charge in [-0.3, -0.25) is 4.18 Å². The average molecular weight is 437 g/mol. The van der Waals surface area contributed by atoms with Crippen LogP contribution in [-0.4, -0.2) is 61.9 Å². The van der Waals surface area contributed by atoms with E-state index in [0.717, 1.165) is 5.56 Å². The minimum atomic E-state index is -5.19. The van der Waals surface area contributed by atoms with Crippen LogP contribution in [0.15, 0.2) is 48.1 Å². The molecule has 1 aliphatic rings. The fourth-order valence-corrected chi connectivity index (χ4v) is 3.17. The molecule has 0 radical (unpaired) electrons. The molecule has 1 aliphatic heterocycles. The Labute approximate surface area is 190 Å². The van der Waals surface area contributed by atoms with Gasteiger partial charge in [0.2, 0.25) is 10.4 Å². The molecule has 0 unspecified atom stereocenters. The zero-order chi connectivity index (χ0) is 20.6. The Bertz CT molecular complexity index is 791. The minimum Gasteiger partial charge on any atom is -0.726 e. The van der Waals surface area contributed by atoms with Crippen LogP contribution in [0.1, 0.15) is 5.56 Å². The summed E-state index contributed by atoms with van der Waals surface area (Å²) in [5.41, 5.74) is 9.34. The molecule has 0 bridgehead atoms. The van der Waals surface area contributed by atoms with Crippen LogP contribution in [-0.2, 0) is 35.4 Å². The summed E-state index contributed by atoms with van der Waals surface area (Å²) in [6, 6.07) is 8.88. The van der Waals surface area contributed by atoms with Crippen molar-refractivity contribution in [2.24, 2.45) is 5.11 Å². The van der Waals surface area contributed by atoms with Crippen molar-refractivity contribution in [3.05, 3.63) is 59.0 Å². The molecule has 0 saturated carbocycles. The predicted octanol–water partition coefficient (Wildman–Crippen LogP) is -1.98. The first-order valence-electron chi connectivity index (χ1n) is 8.22. The fourth-order valence-electron chi connectivity index (χ4n) is 2.67. The Morgan fingerprint density at radius 3 is 2.59 bits per heavy atom. The molecule has 1 N–H and O–H groups in total. The Kier molecular flexibility index (Phi) is 11.3. The number of hydrogen-bond donors (Lipinski definition) is 1. The maximum absolute atomic E-state index is 11.2. The molecular weight excluding hydrogens is 417 g/mol. The SMILES string of the molecule is C=CCO[C@H]1O[C@H](CN=[N+]=[N-])[C@@H](OCc2ccccc2)[C@H](OS(=O)(=O)[O-])[C@@H]1O.[Na+]. The van der Waals surface area contributed by atoms with E-state index >= 15 is 0 Å². The van der Waals surface area contributed by atoms with Crippen molar-refractivity contribution in [3.8, 4) is 0 Å². The zero-order valence-corrected chi connectivity index (χ0v) is 18.6. The van der Waals surface area contributed by atoms with Crippen LogP contribution in [0.25, 0.3) is 10.4 Å². The molecule has 0 spiro atoms. The first-order valence-corrected chi connectivity index (χ1v) is 9.55. The third-order valence-electron chi connectivity index (χ3n) is 3.83. The van der Waals surface area contributed by atoms with E-state index in [2.05, 4.69) is 20.8 Å². The van der Waals surface area contributed by atoms with Crippen molar-refractivity contribution < 1.29 is 66.0 Å². The molecule has 0 aromatic heterocycles. The Morgan fingerprint density at radius 1 is 1.31 bits per heavy atom. The van der Waals surface area contributed by atoms with Crippen LogP contribution < -0.4 is 29.6 Å². The summed E-state index contributed by atoms with van der Waals surface area (Å²) in [5, 5.41) is 13.8. The van der Waals surface area contributed by atoms with Gasteiger partial charge in [0.1, 0.15) is 18.3 Å². The van der Waals surface area contributed by atoms with E-state index in [4.69, 9.17) is 19.7 Å². The van der Waals surface area contributed by atoms with Crippen LogP contribution in [0, 0.1) is 0 Å². The molecule has 5 atom stereocenters. The van der Waals surface area contributed by atoms with E-state index in [1.807, 2.05) is 0 Å². The second-order valence-corrected chi connectivity index (χ2v) is 6.81. The molecule has 0 aliphatic carbocycles. The van der Waals surface area contributed by atoms with E-state index in [9.17, 15) is 18.1 Å². The van der Waals surface area contributed by atoms with Crippen molar-refractivity contribution in [1.29, 1.82) is 0 Å². The second kappa shape index (κ2) is 12.6. The maximum atomic E-state index is 11.2. The van der Waals surface area contributed by atoms with Crippen LogP contribution in [0.4, 0.5) is 0 Å². The van der Waals surface area contributed by atoms with Gasteiger partial charge in [0, 0.05) is 4.91 Å². The van der Waals surface area contributed by atoms with Crippen LogP contribution in [0.3, 0.4) is 0 Å². The van der Waals surface area contributed by atoms with E-state index in [0.29, 0.717) is 0 Å². The van der Waals surface area contributed by atoms with E-state index in [1.54, 1.807) is 30.3 Å². The topological polar surface area (TPSA) is 163 Å². The predicted molar refractivity (Wildman–Crippen MR) is 94.4 cm³/mol. The van der Waals surface area contributed by atoms with Gasteiger partial charge in [0.05, 0.1) is 25.9 Å². The van der Waals surface area contributed by atoms with Crippen LogP contribution in [0.5, 0.6) is 0 Å². The first kappa shape index (κ1) is 26.0. The summed E-state index contributed by atoms with van der Waals surface area (Å²) in [6.07, 6.45) is -5.52. The Balaban J connectivity index is 0.00000420. The number of nitrogens with zero attached hydrogens (tertiary/aromatic N) is 3. The van der Waals surface area contributed by atoms with E-state index in [1.165, 1.54) is 6.08 Å². The molecule has 1 heterocycles. The van der Waals surface area contributed by atoms with Gasteiger partial charge in [0.15, 0.2) is 6.29 Å². The summed E-state index contributed by atoms with van der Waals surface area (Å²) >= 11 is 0. The third-order valence-corrected chi connectivity index (χ3v) is 4.29. The molecule has 1 aromatic carbocycles. The van der Waals surface area contributed by atoms with E-state index < -0.39 is 41.1 Å². The normalized spacial score (nSPS) is 26.8. The zero-order valence-electron chi connectivity index (χ0n) is 15.7. The third kappa shape index (κ3) is 8.32. The van der Waals surface area contributed by atoms with Crippen molar-refractivity contribution >= 4 is 10.4 Å². The van der Waals surface area contributed by atoms with Gasteiger partial charge in [-0.1, -0.05) is 41.5 Å². The molecule has 1 aromatic rings. The molecule has 0 amide bonds. The average Bonchev–Trinajstić information content (AvgIpc) is 2.66. The number of ether oxygens (including phenoxy) is 3. The number of rotatable bonds is 10. The monoisotopic (exact) mass is 437 g/mol. The van der Waals surface area contributed by atoms with Crippen LogP contribution >= 0.6 is 0 Å². The standard InChI is InChI=1S/C16H21N3O8S.Na/c1-2-8-24-16-13(20)15(27-28(21,22)23)14(12(26-16)9-18-19-17)25-10-11-6-4-3-5-7-11;/h2-7,12-16,20H,1,8-10H2,(H,21,22,23);/q;+1/p-1/t12-,13+,14-,15-,16+;/m1./s1. The van der Waals surface area contributed by atoms with Crippen molar-refractivity contribution in [2.45, 2.75) is 37.3 Å². The van der Waals surface area contributed by atoms with Gasteiger partial charge in [-0.2, -0.15) is 0 Å². The minimum absolute atomic E-state index is 0. The van der Waals surface area contributed by atoms with Gasteiger partial charge in [0.25, 0.3) is 0 Å². The number of aliphatic hydroxyl groups is 1. The van der Waals surface area contributed by atoms with Crippen molar-refractivity contribution in [2.75, 3.05) is 13.2 Å². The van der Waals surface area contributed by atoms with Crippen molar-refractivity contribution in [1.82, 2.24) is 0 Å². The van der Waals surface area contributed by atoms with Gasteiger partial charge in [-0.05, 0) is 11.1 Å². The van der Waals surface area contributed by atoms with Gasteiger partial charge in [-0.25, -0.2) is 8.42 Å². The number of hydrogen-bond acceptors (Lipinski definition) is 9. The fraction of sp³-hybridized carbons (Fsp3) is 0.500. The van der Waals surface area contributed by atoms with Gasteiger partial charge < -0.3 is 23.9 Å². The Hall–Kier alpha value is -1.02. The second-order valence-electron chi connectivity index (χ2n) is 5.80.